The molecule has 1 atom stereocenters. The van der Waals surface area contributed by atoms with Crippen molar-refractivity contribution in [3.8, 4) is 0 Å². The second-order valence-electron chi connectivity index (χ2n) is 7.10. The summed E-state index contributed by atoms with van der Waals surface area (Å²) in [6.45, 7) is 0. The van der Waals surface area contributed by atoms with E-state index >= 15 is 0 Å². The molecule has 5 rings (SSSR count). The Labute approximate surface area is 173 Å². The van der Waals surface area contributed by atoms with Gasteiger partial charge in [0.25, 0.3) is 0 Å². The van der Waals surface area contributed by atoms with Gasteiger partial charge in [0, 0.05) is 39.7 Å². The van der Waals surface area contributed by atoms with E-state index in [0.717, 1.165) is 39.0 Å². The number of nitrogens with one attached hydrogen (secondary N) is 2. The number of halogens is 1. The number of carbonyl (C=O) groups is 1. The average Bonchev–Trinajstić information content (AvgIpc) is 3.10. The van der Waals surface area contributed by atoms with Crippen LogP contribution < -0.4 is 5.32 Å². The fourth-order valence-corrected chi connectivity index (χ4v) is 3.97. The first kappa shape index (κ1) is 17.7. The van der Waals surface area contributed by atoms with Crippen molar-refractivity contribution in [1.29, 1.82) is 0 Å². The number of aromatic amines is 1. The van der Waals surface area contributed by atoms with Crippen LogP contribution in [0.5, 0.6) is 0 Å². The average molecular weight is 400 g/mol. The minimum Gasteiger partial charge on any atom is -0.361 e. The molecule has 5 heteroatoms. The number of aliphatic imine (C=N–C) groups is 1. The van der Waals surface area contributed by atoms with E-state index in [-0.39, 0.29) is 5.91 Å². The highest BCUT2D eigenvalue weighted by Gasteiger charge is 2.27. The Hall–Kier alpha value is -3.37. The molecule has 142 valence electrons. The Morgan fingerprint density at radius 3 is 2.62 bits per heavy atom. The topological polar surface area (TPSA) is 57.2 Å². The first-order valence-corrected chi connectivity index (χ1v) is 9.86. The van der Waals surface area contributed by atoms with Crippen molar-refractivity contribution in [3.63, 3.8) is 0 Å². The molecule has 1 amide bonds. The predicted molar refractivity (Wildman–Crippen MR) is 118 cm³/mol. The number of hydrogen-bond acceptors (Lipinski definition) is 2. The van der Waals surface area contributed by atoms with Crippen LogP contribution in [0.25, 0.3) is 10.9 Å². The summed E-state index contributed by atoms with van der Waals surface area (Å²) in [5.74, 6) is -0.121. The van der Waals surface area contributed by atoms with Crippen molar-refractivity contribution in [2.45, 2.75) is 12.5 Å². The summed E-state index contributed by atoms with van der Waals surface area (Å²) < 4.78 is 0. The first-order valence-electron chi connectivity index (χ1n) is 9.48. The molecule has 4 nitrogen and oxygen atoms in total. The Morgan fingerprint density at radius 1 is 0.966 bits per heavy atom. The van der Waals surface area contributed by atoms with Gasteiger partial charge in [0.05, 0.1) is 11.4 Å². The van der Waals surface area contributed by atoms with E-state index in [9.17, 15) is 4.79 Å². The molecule has 0 aliphatic carbocycles. The number of aromatic nitrogens is 1. The zero-order chi connectivity index (χ0) is 19.8. The molecule has 0 spiro atoms. The van der Waals surface area contributed by atoms with Gasteiger partial charge in [-0.3, -0.25) is 9.79 Å². The van der Waals surface area contributed by atoms with Crippen molar-refractivity contribution in [3.05, 3.63) is 101 Å². The first-order chi connectivity index (χ1) is 14.2. The van der Waals surface area contributed by atoms with Crippen LogP contribution in [-0.2, 0) is 11.2 Å². The number of rotatable bonds is 3. The van der Waals surface area contributed by atoms with Crippen molar-refractivity contribution in [2.24, 2.45) is 4.99 Å². The lowest BCUT2D eigenvalue weighted by atomic mass is 10.0. The van der Waals surface area contributed by atoms with E-state index in [1.54, 1.807) is 6.07 Å². The van der Waals surface area contributed by atoms with Crippen LogP contribution in [-0.4, -0.2) is 22.6 Å². The molecule has 2 heterocycles. The summed E-state index contributed by atoms with van der Waals surface area (Å²) in [6, 6.07) is 22.9. The summed E-state index contributed by atoms with van der Waals surface area (Å²) >= 11 is 6.26. The Morgan fingerprint density at radius 2 is 1.76 bits per heavy atom. The van der Waals surface area contributed by atoms with E-state index in [1.165, 1.54) is 0 Å². The summed E-state index contributed by atoms with van der Waals surface area (Å²) in [7, 11) is 0. The smallest absolute Gasteiger partial charge is 0.249 e. The summed E-state index contributed by atoms with van der Waals surface area (Å²) in [5, 5.41) is 4.76. The number of benzodiazepines with no additional fused rings is 1. The zero-order valence-corrected chi connectivity index (χ0v) is 16.3. The third-order valence-electron chi connectivity index (χ3n) is 5.22. The van der Waals surface area contributed by atoms with E-state index < -0.39 is 6.04 Å². The van der Waals surface area contributed by atoms with Gasteiger partial charge in [0.2, 0.25) is 5.91 Å². The van der Waals surface area contributed by atoms with Gasteiger partial charge in [-0.2, -0.15) is 0 Å². The molecule has 0 saturated carbocycles. The highest BCUT2D eigenvalue weighted by molar-refractivity contribution is 6.32. The molecule has 1 aliphatic heterocycles. The minimum atomic E-state index is -0.546. The lowest BCUT2D eigenvalue weighted by Crippen LogP contribution is -2.27. The molecule has 1 aromatic heterocycles. The molecule has 0 fully saturated rings. The monoisotopic (exact) mass is 399 g/mol. The second kappa shape index (κ2) is 7.22. The number of H-pyrrole nitrogens is 1. The third-order valence-corrected chi connectivity index (χ3v) is 5.45. The molecule has 29 heavy (non-hydrogen) atoms. The molecule has 0 bridgehead atoms. The van der Waals surface area contributed by atoms with Gasteiger partial charge in [-0.05, 0) is 29.8 Å². The van der Waals surface area contributed by atoms with Crippen LogP contribution in [0.3, 0.4) is 0 Å². The van der Waals surface area contributed by atoms with Crippen LogP contribution in [0.2, 0.25) is 5.02 Å². The van der Waals surface area contributed by atoms with Gasteiger partial charge in [0.15, 0.2) is 0 Å². The van der Waals surface area contributed by atoms with Crippen molar-refractivity contribution < 1.29 is 4.79 Å². The molecular formula is C24H18ClN3O. The zero-order valence-electron chi connectivity index (χ0n) is 15.5. The summed E-state index contributed by atoms with van der Waals surface area (Å²) in [6.07, 6.45) is 2.47. The fourth-order valence-electron chi connectivity index (χ4n) is 3.79. The molecule has 2 N–H and O–H groups in total. The lowest BCUT2D eigenvalue weighted by Gasteiger charge is -2.11. The number of nitrogens with zero attached hydrogens (tertiary/aromatic N) is 1. The van der Waals surface area contributed by atoms with Crippen LogP contribution in [0.15, 0.2) is 84.0 Å². The number of benzene rings is 3. The SMILES string of the molecule is O=C1Nc2ccc(Cl)cc2C(c2ccccc2)=NC1Cc1c[nH]c2ccccc12. The maximum absolute atomic E-state index is 13.0. The predicted octanol–water partition coefficient (Wildman–Crippen LogP) is 5.22. The number of fused-ring (bicyclic) bond motifs is 2. The van der Waals surface area contributed by atoms with Gasteiger partial charge < -0.3 is 10.3 Å². The Kier molecular flexibility index (Phi) is 4.41. The van der Waals surface area contributed by atoms with E-state index in [0.29, 0.717) is 11.4 Å². The number of hydrogen-bond donors (Lipinski definition) is 2. The van der Waals surface area contributed by atoms with Crippen LogP contribution in [0, 0.1) is 0 Å². The fraction of sp³-hybridized carbons (Fsp3) is 0.0833. The maximum Gasteiger partial charge on any atom is 0.249 e. The standard InChI is InChI=1S/C24H18ClN3O/c25-17-10-11-21-19(13-17)23(15-6-2-1-3-7-15)27-22(24(29)28-21)12-16-14-26-20-9-5-4-8-18(16)20/h1-11,13-14,22,26H,12H2,(H,28,29). The molecule has 3 aromatic carbocycles. The molecule has 1 aliphatic rings. The van der Waals surface area contributed by atoms with Crippen LogP contribution in [0.4, 0.5) is 5.69 Å². The highest BCUT2D eigenvalue weighted by Crippen LogP contribution is 2.29. The highest BCUT2D eigenvalue weighted by atomic mass is 35.5. The number of amides is 1. The van der Waals surface area contributed by atoms with E-state index in [2.05, 4.69) is 16.4 Å². The largest absolute Gasteiger partial charge is 0.361 e. The number of carbonyl (C=O) groups excluding carboxylic acids is 1. The van der Waals surface area contributed by atoms with Gasteiger partial charge in [0.1, 0.15) is 6.04 Å². The van der Waals surface area contributed by atoms with Crippen molar-refractivity contribution in [1.82, 2.24) is 4.98 Å². The van der Waals surface area contributed by atoms with Gasteiger partial charge in [-0.1, -0.05) is 60.1 Å². The van der Waals surface area contributed by atoms with Gasteiger partial charge in [-0.15, -0.1) is 0 Å². The molecule has 1 unspecified atom stereocenters. The molecule has 0 radical (unpaired) electrons. The molecule has 0 saturated heterocycles. The van der Waals surface area contributed by atoms with Gasteiger partial charge >= 0.3 is 0 Å². The Balaban J connectivity index is 1.62. The minimum absolute atomic E-state index is 0.121. The lowest BCUT2D eigenvalue weighted by molar-refractivity contribution is -0.117. The maximum atomic E-state index is 13.0. The Bertz CT molecular complexity index is 1240. The third kappa shape index (κ3) is 3.32. The summed E-state index contributed by atoms with van der Waals surface area (Å²) in [4.78, 5) is 21.2. The van der Waals surface area contributed by atoms with E-state index in [1.807, 2.05) is 66.9 Å². The molecular weight excluding hydrogens is 382 g/mol. The summed E-state index contributed by atoms with van der Waals surface area (Å²) in [5.41, 5.74) is 5.41. The number of para-hydroxylation sites is 1. The molecule has 4 aromatic rings. The normalized spacial score (nSPS) is 16.1. The van der Waals surface area contributed by atoms with Gasteiger partial charge in [-0.25, -0.2) is 0 Å². The van der Waals surface area contributed by atoms with Crippen molar-refractivity contribution >= 4 is 39.8 Å². The van der Waals surface area contributed by atoms with E-state index in [4.69, 9.17) is 16.6 Å². The second-order valence-corrected chi connectivity index (χ2v) is 7.54. The quantitative estimate of drug-likeness (QED) is 0.487. The van der Waals surface area contributed by atoms with Crippen molar-refractivity contribution in [2.75, 3.05) is 5.32 Å². The van der Waals surface area contributed by atoms with Crippen LogP contribution in [0.1, 0.15) is 16.7 Å². The van der Waals surface area contributed by atoms with Crippen LogP contribution >= 0.6 is 11.6 Å². The number of anilines is 1.